The highest BCUT2D eigenvalue weighted by atomic mass is 16.5. The largest absolute Gasteiger partial charge is 0.494 e. The van der Waals surface area contributed by atoms with Gasteiger partial charge in [0.2, 0.25) is 5.91 Å². The molecular weight excluding hydrogens is 378 g/mol. The summed E-state index contributed by atoms with van der Waals surface area (Å²) >= 11 is 0. The summed E-state index contributed by atoms with van der Waals surface area (Å²) in [5.74, 6) is 1.57. The first kappa shape index (κ1) is 20.1. The molecule has 0 spiro atoms. The molecule has 1 atom stereocenters. The number of benzene rings is 2. The number of para-hydroxylation sites is 1. The van der Waals surface area contributed by atoms with Crippen LogP contribution in [0.1, 0.15) is 45.0 Å². The maximum absolute atomic E-state index is 13.5. The summed E-state index contributed by atoms with van der Waals surface area (Å²) in [6, 6.07) is 14.5. The van der Waals surface area contributed by atoms with Gasteiger partial charge in [0, 0.05) is 13.0 Å². The fraction of sp³-hybridized carbons (Fsp3) is 0.375. The van der Waals surface area contributed by atoms with Crippen molar-refractivity contribution in [1.29, 1.82) is 0 Å². The standard InChI is InChI=1S/C24H27N3O3/c1-4-21(26(3)23(28)16-10-11-16)22-25-20-9-7-6-8-19(20)24(29)27(22)17-12-14-18(15-13-17)30-5-2/h6-9,12-16,21H,4-5,10-11H2,1-3H3. The van der Waals surface area contributed by atoms with Crippen molar-refractivity contribution < 1.29 is 9.53 Å². The number of rotatable bonds is 7. The third-order valence-corrected chi connectivity index (χ3v) is 5.63. The fourth-order valence-corrected chi connectivity index (χ4v) is 3.88. The van der Waals surface area contributed by atoms with E-state index >= 15 is 0 Å². The topological polar surface area (TPSA) is 64.4 Å². The zero-order valence-electron chi connectivity index (χ0n) is 17.7. The number of ether oxygens (including phenoxy) is 1. The van der Waals surface area contributed by atoms with Crippen LogP contribution in [-0.2, 0) is 4.79 Å². The molecule has 1 saturated carbocycles. The summed E-state index contributed by atoms with van der Waals surface area (Å²) in [4.78, 5) is 32.9. The molecule has 30 heavy (non-hydrogen) atoms. The Morgan fingerprint density at radius 3 is 2.50 bits per heavy atom. The molecule has 1 amide bonds. The van der Waals surface area contributed by atoms with Gasteiger partial charge in [0.15, 0.2) is 0 Å². The van der Waals surface area contributed by atoms with Gasteiger partial charge >= 0.3 is 0 Å². The van der Waals surface area contributed by atoms with E-state index in [1.807, 2.05) is 63.4 Å². The van der Waals surface area contributed by atoms with Crippen LogP contribution in [0.15, 0.2) is 53.3 Å². The third kappa shape index (κ3) is 3.70. The maximum atomic E-state index is 13.5. The second-order valence-electron chi connectivity index (χ2n) is 7.70. The predicted molar refractivity (Wildman–Crippen MR) is 117 cm³/mol. The highest BCUT2D eigenvalue weighted by molar-refractivity contribution is 5.81. The Morgan fingerprint density at radius 1 is 1.17 bits per heavy atom. The highest BCUT2D eigenvalue weighted by Gasteiger charge is 2.36. The van der Waals surface area contributed by atoms with Gasteiger partial charge in [-0.2, -0.15) is 0 Å². The van der Waals surface area contributed by atoms with E-state index < -0.39 is 0 Å². The minimum absolute atomic E-state index is 0.107. The first-order chi connectivity index (χ1) is 14.5. The Kier molecular flexibility index (Phi) is 5.57. The molecule has 6 heteroatoms. The molecule has 1 fully saturated rings. The van der Waals surface area contributed by atoms with E-state index in [2.05, 4.69) is 0 Å². The SMILES string of the molecule is CCOc1ccc(-n2c(C(CC)N(C)C(=O)C3CC3)nc3ccccc3c2=O)cc1. The molecular formula is C24H27N3O3. The summed E-state index contributed by atoms with van der Waals surface area (Å²) in [6.45, 7) is 4.53. The van der Waals surface area contributed by atoms with Gasteiger partial charge in [-0.25, -0.2) is 4.98 Å². The zero-order chi connectivity index (χ0) is 21.3. The van der Waals surface area contributed by atoms with Crippen molar-refractivity contribution in [3.63, 3.8) is 0 Å². The second-order valence-corrected chi connectivity index (χ2v) is 7.70. The first-order valence-corrected chi connectivity index (χ1v) is 10.6. The van der Waals surface area contributed by atoms with Gasteiger partial charge in [0.05, 0.1) is 29.2 Å². The van der Waals surface area contributed by atoms with E-state index in [0.717, 1.165) is 18.6 Å². The summed E-state index contributed by atoms with van der Waals surface area (Å²) in [5, 5.41) is 0.557. The van der Waals surface area contributed by atoms with Gasteiger partial charge in [-0.3, -0.25) is 14.2 Å². The maximum Gasteiger partial charge on any atom is 0.266 e. The summed E-state index contributed by atoms with van der Waals surface area (Å²) in [6.07, 6.45) is 2.55. The quantitative estimate of drug-likeness (QED) is 0.594. The average molecular weight is 405 g/mol. The molecule has 3 aromatic rings. The van der Waals surface area contributed by atoms with Crippen LogP contribution in [0.5, 0.6) is 5.75 Å². The molecule has 4 rings (SSSR count). The van der Waals surface area contributed by atoms with Crippen molar-refractivity contribution in [2.75, 3.05) is 13.7 Å². The van der Waals surface area contributed by atoms with Crippen molar-refractivity contribution in [2.24, 2.45) is 5.92 Å². The highest BCUT2D eigenvalue weighted by Crippen LogP contribution is 2.34. The number of fused-ring (bicyclic) bond motifs is 1. The number of nitrogens with zero attached hydrogens (tertiary/aromatic N) is 3. The van der Waals surface area contributed by atoms with Crippen LogP contribution in [0.25, 0.3) is 16.6 Å². The van der Waals surface area contributed by atoms with Crippen LogP contribution in [-0.4, -0.2) is 34.0 Å². The Bertz CT molecular complexity index is 1120. The molecule has 1 aromatic heterocycles. The second kappa shape index (κ2) is 8.30. The van der Waals surface area contributed by atoms with E-state index in [9.17, 15) is 9.59 Å². The first-order valence-electron chi connectivity index (χ1n) is 10.6. The molecule has 1 aliphatic rings. The fourth-order valence-electron chi connectivity index (χ4n) is 3.88. The summed E-state index contributed by atoms with van der Waals surface area (Å²) in [5.41, 5.74) is 1.22. The van der Waals surface area contributed by atoms with Gasteiger partial charge in [-0.1, -0.05) is 19.1 Å². The average Bonchev–Trinajstić information content (AvgIpc) is 3.60. The number of hydrogen-bond donors (Lipinski definition) is 0. The summed E-state index contributed by atoms with van der Waals surface area (Å²) in [7, 11) is 1.82. The lowest BCUT2D eigenvalue weighted by atomic mass is 10.1. The van der Waals surface area contributed by atoms with Crippen molar-refractivity contribution in [3.8, 4) is 11.4 Å². The Hall–Kier alpha value is -3.15. The Labute approximate surface area is 176 Å². The number of hydrogen-bond acceptors (Lipinski definition) is 4. The summed E-state index contributed by atoms with van der Waals surface area (Å²) < 4.78 is 7.18. The van der Waals surface area contributed by atoms with Gasteiger partial charge in [0.1, 0.15) is 11.6 Å². The van der Waals surface area contributed by atoms with Gasteiger partial charge in [-0.15, -0.1) is 0 Å². The lowest BCUT2D eigenvalue weighted by molar-refractivity contribution is -0.133. The smallest absolute Gasteiger partial charge is 0.266 e. The van der Waals surface area contributed by atoms with Crippen LogP contribution in [0.4, 0.5) is 0 Å². The number of amides is 1. The van der Waals surface area contributed by atoms with Crippen molar-refractivity contribution in [1.82, 2.24) is 14.5 Å². The molecule has 0 saturated heterocycles. The van der Waals surface area contributed by atoms with Crippen LogP contribution in [0, 0.1) is 5.92 Å². The van der Waals surface area contributed by atoms with Crippen LogP contribution < -0.4 is 10.3 Å². The lowest BCUT2D eigenvalue weighted by Crippen LogP contribution is -2.36. The molecule has 0 bridgehead atoms. The molecule has 0 aliphatic heterocycles. The van der Waals surface area contributed by atoms with Crippen molar-refractivity contribution >= 4 is 16.8 Å². The van der Waals surface area contributed by atoms with E-state index in [0.29, 0.717) is 35.4 Å². The molecule has 2 aromatic carbocycles. The molecule has 0 N–H and O–H groups in total. The lowest BCUT2D eigenvalue weighted by Gasteiger charge is -2.29. The van der Waals surface area contributed by atoms with Crippen LogP contribution >= 0.6 is 0 Å². The predicted octanol–water partition coefficient (Wildman–Crippen LogP) is 4.10. The van der Waals surface area contributed by atoms with Gasteiger partial charge in [-0.05, 0) is 62.6 Å². The van der Waals surface area contributed by atoms with Gasteiger partial charge in [0.25, 0.3) is 5.56 Å². The minimum Gasteiger partial charge on any atom is -0.494 e. The van der Waals surface area contributed by atoms with Crippen molar-refractivity contribution in [2.45, 2.75) is 39.2 Å². The number of aromatic nitrogens is 2. The Morgan fingerprint density at radius 2 is 1.87 bits per heavy atom. The molecule has 1 aliphatic carbocycles. The van der Waals surface area contributed by atoms with E-state index in [1.165, 1.54) is 0 Å². The molecule has 0 radical (unpaired) electrons. The monoisotopic (exact) mass is 405 g/mol. The van der Waals surface area contributed by atoms with E-state index in [4.69, 9.17) is 9.72 Å². The van der Waals surface area contributed by atoms with Crippen LogP contribution in [0.3, 0.4) is 0 Å². The van der Waals surface area contributed by atoms with E-state index in [-0.39, 0.29) is 23.4 Å². The minimum atomic E-state index is -0.290. The normalized spacial score (nSPS) is 14.5. The van der Waals surface area contributed by atoms with Gasteiger partial charge < -0.3 is 9.64 Å². The van der Waals surface area contributed by atoms with E-state index in [1.54, 1.807) is 15.5 Å². The Balaban J connectivity index is 1.89. The number of carbonyl (C=O) groups excluding carboxylic acids is 1. The third-order valence-electron chi connectivity index (χ3n) is 5.63. The van der Waals surface area contributed by atoms with Crippen LogP contribution in [0.2, 0.25) is 0 Å². The molecule has 6 nitrogen and oxygen atoms in total. The zero-order valence-corrected chi connectivity index (χ0v) is 17.7. The van der Waals surface area contributed by atoms with Crippen molar-refractivity contribution in [3.05, 3.63) is 64.7 Å². The molecule has 1 heterocycles. The molecule has 156 valence electrons. The number of carbonyl (C=O) groups is 1. The molecule has 1 unspecified atom stereocenters.